The van der Waals surface area contributed by atoms with Crippen molar-refractivity contribution < 1.29 is 21.0 Å². The maximum Gasteiger partial charge on any atom is 0.268 e. The molecule has 1 aromatic carbocycles. The molecule has 2 rings (SSSR count). The summed E-state index contributed by atoms with van der Waals surface area (Å²) in [5.41, 5.74) is 1.15. The van der Waals surface area contributed by atoms with Gasteiger partial charge in [0.1, 0.15) is 12.9 Å². The molecular weight excluding hydrogens is 316 g/mol. The van der Waals surface area contributed by atoms with Crippen molar-refractivity contribution in [1.29, 1.82) is 0 Å². The van der Waals surface area contributed by atoms with Crippen LogP contribution in [0.4, 0.5) is 0 Å². The number of benzene rings is 1. The largest absolute Gasteiger partial charge is 0.268 e. The Bertz CT molecular complexity index is 836. The van der Waals surface area contributed by atoms with E-state index in [0.717, 1.165) is 22.1 Å². The van der Waals surface area contributed by atoms with E-state index >= 15 is 0 Å². The van der Waals surface area contributed by atoms with Gasteiger partial charge in [0, 0.05) is 6.20 Å². The molecular formula is C12H14N2O5S2. The number of rotatable bonds is 5. The Balaban J connectivity index is 2.26. The highest BCUT2D eigenvalue weighted by molar-refractivity contribution is 7.90. The summed E-state index contributed by atoms with van der Waals surface area (Å²) < 4.78 is 51.9. The van der Waals surface area contributed by atoms with Crippen molar-refractivity contribution in [2.24, 2.45) is 0 Å². The van der Waals surface area contributed by atoms with Crippen molar-refractivity contribution in [2.45, 2.75) is 18.4 Å². The lowest BCUT2D eigenvalue weighted by Crippen LogP contribution is -2.11. The van der Waals surface area contributed by atoms with E-state index in [1.165, 1.54) is 18.3 Å². The van der Waals surface area contributed by atoms with Crippen molar-refractivity contribution in [3.8, 4) is 0 Å². The van der Waals surface area contributed by atoms with Crippen LogP contribution in [0.25, 0.3) is 0 Å². The first-order chi connectivity index (χ1) is 9.68. The average Bonchev–Trinajstić information content (AvgIpc) is 2.85. The van der Waals surface area contributed by atoms with Crippen LogP contribution in [0.2, 0.25) is 0 Å². The summed E-state index contributed by atoms with van der Waals surface area (Å²) in [4.78, 5) is 3.95. The molecule has 0 atom stereocenters. The van der Waals surface area contributed by atoms with Gasteiger partial charge in [0.05, 0.1) is 16.8 Å². The molecule has 0 unspecified atom stereocenters. The fraction of sp³-hybridized carbons (Fsp3) is 0.250. The van der Waals surface area contributed by atoms with E-state index < -0.39 is 20.1 Å². The first-order valence-electron chi connectivity index (χ1n) is 5.88. The molecule has 7 nitrogen and oxygen atoms in total. The number of hydrogen-bond donors (Lipinski definition) is 0. The third-order valence-electron chi connectivity index (χ3n) is 2.63. The second-order valence-corrected chi connectivity index (χ2v) is 7.97. The lowest BCUT2D eigenvalue weighted by atomic mass is 10.2. The van der Waals surface area contributed by atoms with E-state index in [-0.39, 0.29) is 17.2 Å². The van der Waals surface area contributed by atoms with Gasteiger partial charge in [0.15, 0.2) is 0 Å². The SMILES string of the molecule is Cc1ccc(S(=O)(=O)n2cnc(COS(C)(=O)=O)c2)cc1. The van der Waals surface area contributed by atoms with Crippen LogP contribution in [0.15, 0.2) is 41.7 Å². The van der Waals surface area contributed by atoms with E-state index in [1.807, 2.05) is 6.92 Å². The van der Waals surface area contributed by atoms with Crippen molar-refractivity contribution in [1.82, 2.24) is 8.96 Å². The Kier molecular flexibility index (Phi) is 4.17. The van der Waals surface area contributed by atoms with Crippen molar-refractivity contribution in [3.05, 3.63) is 48.0 Å². The van der Waals surface area contributed by atoms with Crippen molar-refractivity contribution in [3.63, 3.8) is 0 Å². The van der Waals surface area contributed by atoms with Gasteiger partial charge in [-0.2, -0.15) is 8.42 Å². The third kappa shape index (κ3) is 3.90. The van der Waals surface area contributed by atoms with E-state index in [1.54, 1.807) is 12.1 Å². The maximum atomic E-state index is 12.3. The monoisotopic (exact) mass is 330 g/mol. The van der Waals surface area contributed by atoms with Gasteiger partial charge in [0.25, 0.3) is 20.1 Å². The molecule has 114 valence electrons. The van der Waals surface area contributed by atoms with Gasteiger partial charge >= 0.3 is 0 Å². The first kappa shape index (κ1) is 15.7. The predicted octanol–water partition coefficient (Wildman–Crippen LogP) is 0.905. The van der Waals surface area contributed by atoms with Gasteiger partial charge in [-0.25, -0.2) is 17.4 Å². The normalized spacial score (nSPS) is 12.5. The van der Waals surface area contributed by atoms with Gasteiger partial charge < -0.3 is 0 Å². The Morgan fingerprint density at radius 3 is 2.33 bits per heavy atom. The summed E-state index contributed by atoms with van der Waals surface area (Å²) in [5.74, 6) is 0. The summed E-state index contributed by atoms with van der Waals surface area (Å²) in [7, 11) is -7.34. The summed E-state index contributed by atoms with van der Waals surface area (Å²) >= 11 is 0. The highest BCUT2D eigenvalue weighted by Crippen LogP contribution is 2.15. The van der Waals surface area contributed by atoms with Gasteiger partial charge in [-0.15, -0.1) is 0 Å². The number of aryl methyl sites for hydroxylation is 1. The summed E-state index contributed by atoms with van der Waals surface area (Å²) in [6.07, 6.45) is 3.24. The molecule has 21 heavy (non-hydrogen) atoms. The Morgan fingerprint density at radius 1 is 1.14 bits per heavy atom. The highest BCUT2D eigenvalue weighted by atomic mass is 32.2. The van der Waals surface area contributed by atoms with Crippen LogP contribution in [-0.2, 0) is 30.9 Å². The van der Waals surface area contributed by atoms with Gasteiger partial charge in [-0.1, -0.05) is 17.7 Å². The van der Waals surface area contributed by atoms with Crippen LogP contribution < -0.4 is 0 Å². The molecule has 0 radical (unpaired) electrons. The minimum Gasteiger partial charge on any atom is -0.264 e. The molecule has 0 saturated carbocycles. The molecule has 0 saturated heterocycles. The number of hydrogen-bond acceptors (Lipinski definition) is 6. The van der Waals surface area contributed by atoms with Crippen LogP contribution in [0.1, 0.15) is 11.3 Å². The van der Waals surface area contributed by atoms with Crippen LogP contribution in [0.3, 0.4) is 0 Å². The van der Waals surface area contributed by atoms with Crippen LogP contribution in [0, 0.1) is 6.92 Å². The highest BCUT2D eigenvalue weighted by Gasteiger charge is 2.17. The number of aromatic nitrogens is 2. The number of imidazole rings is 1. The van der Waals surface area contributed by atoms with Gasteiger partial charge in [-0.3, -0.25) is 4.18 Å². The standard InChI is InChI=1S/C12H14N2O5S2/c1-10-3-5-12(6-4-10)21(17,18)14-7-11(13-9-14)8-19-20(2,15)16/h3-7,9H,8H2,1-2H3. The molecule has 2 aromatic rings. The van der Waals surface area contributed by atoms with E-state index in [9.17, 15) is 16.8 Å². The third-order valence-corrected chi connectivity index (χ3v) is 4.80. The Morgan fingerprint density at radius 2 is 1.76 bits per heavy atom. The molecule has 0 spiro atoms. The molecule has 0 aliphatic rings. The zero-order valence-corrected chi connectivity index (χ0v) is 13.1. The fourth-order valence-electron chi connectivity index (χ4n) is 1.55. The Hall–Kier alpha value is -1.71. The fourth-order valence-corrected chi connectivity index (χ4v) is 3.04. The zero-order chi connectivity index (χ0) is 15.7. The molecule has 0 aliphatic heterocycles. The molecule has 0 bridgehead atoms. The molecule has 9 heteroatoms. The molecule has 0 N–H and O–H groups in total. The van der Waals surface area contributed by atoms with Crippen molar-refractivity contribution in [2.75, 3.05) is 6.26 Å². The summed E-state index contributed by atoms with van der Waals surface area (Å²) in [6.45, 7) is 1.55. The summed E-state index contributed by atoms with van der Waals surface area (Å²) in [5, 5.41) is 0. The molecule has 1 heterocycles. The Labute approximate surface area is 123 Å². The molecule has 0 fully saturated rings. The van der Waals surface area contributed by atoms with Gasteiger partial charge in [-0.05, 0) is 19.1 Å². The molecule has 1 aromatic heterocycles. The van der Waals surface area contributed by atoms with Crippen LogP contribution in [0.5, 0.6) is 0 Å². The zero-order valence-electron chi connectivity index (χ0n) is 11.4. The summed E-state index contributed by atoms with van der Waals surface area (Å²) in [6, 6.07) is 6.38. The van der Waals surface area contributed by atoms with E-state index in [4.69, 9.17) is 0 Å². The lowest BCUT2D eigenvalue weighted by Gasteiger charge is -2.04. The van der Waals surface area contributed by atoms with E-state index in [2.05, 4.69) is 9.17 Å². The quantitative estimate of drug-likeness (QED) is 0.756. The maximum absolute atomic E-state index is 12.3. The minimum absolute atomic E-state index is 0.126. The topological polar surface area (TPSA) is 95.3 Å². The van der Waals surface area contributed by atoms with Crippen LogP contribution >= 0.6 is 0 Å². The second kappa shape index (κ2) is 5.58. The predicted molar refractivity (Wildman–Crippen MR) is 75.6 cm³/mol. The minimum atomic E-state index is -3.74. The van der Waals surface area contributed by atoms with Gasteiger partial charge in [0.2, 0.25) is 0 Å². The number of nitrogens with zero attached hydrogens (tertiary/aromatic N) is 2. The smallest absolute Gasteiger partial charge is 0.264 e. The lowest BCUT2D eigenvalue weighted by molar-refractivity contribution is 0.307. The van der Waals surface area contributed by atoms with Crippen molar-refractivity contribution >= 4 is 20.1 Å². The van der Waals surface area contributed by atoms with E-state index in [0.29, 0.717) is 0 Å². The molecule has 0 amide bonds. The second-order valence-electron chi connectivity index (χ2n) is 4.48. The molecule has 0 aliphatic carbocycles. The average molecular weight is 330 g/mol. The van der Waals surface area contributed by atoms with Crippen LogP contribution in [-0.4, -0.2) is 32.0 Å². The first-order valence-corrected chi connectivity index (χ1v) is 9.14.